The summed E-state index contributed by atoms with van der Waals surface area (Å²) in [4.78, 5) is 55.3. The number of benzene rings is 2. The molecule has 172 valence electrons. The van der Waals surface area contributed by atoms with E-state index in [2.05, 4.69) is 0 Å². The van der Waals surface area contributed by atoms with E-state index in [0.717, 1.165) is 10.8 Å². The highest BCUT2D eigenvalue weighted by atomic mass is 32.1. The molecule has 0 N–H and O–H groups in total. The molecule has 2 aliphatic heterocycles. The van der Waals surface area contributed by atoms with E-state index in [0.29, 0.717) is 11.1 Å². The minimum absolute atomic E-state index is 0.0276. The summed E-state index contributed by atoms with van der Waals surface area (Å²) in [7, 11) is 6.12. The van der Waals surface area contributed by atoms with Gasteiger partial charge in [0.25, 0.3) is 23.6 Å². The zero-order valence-corrected chi connectivity index (χ0v) is 20.5. The first-order chi connectivity index (χ1) is 16.0. The molecule has 2 aliphatic rings. The maximum Gasteiger partial charge on any atom is 0.265 e. The lowest BCUT2D eigenvalue weighted by Crippen LogP contribution is -2.52. The van der Waals surface area contributed by atoms with Gasteiger partial charge in [-0.2, -0.15) is 0 Å². The molecule has 2 heterocycles. The van der Waals surface area contributed by atoms with Crippen molar-refractivity contribution in [2.24, 2.45) is 0 Å². The Hall–Kier alpha value is -3.76. The second kappa shape index (κ2) is 8.54. The average molecular weight is 493 g/mol. The number of thiocarbonyl (C=S) groups is 2. The van der Waals surface area contributed by atoms with Crippen molar-refractivity contribution in [1.82, 2.24) is 19.6 Å². The molecule has 0 atom stereocenters. The summed E-state index contributed by atoms with van der Waals surface area (Å²) in [5, 5.41) is 2.03. The molecule has 0 aromatic heterocycles. The standard InChI is InChI=1S/C24H20N4O4S2/c1-25-19(29)17(20(30)26(2)23(25)33)11-13-5-7-16-10-14(6-8-15(16)9-13)12-18-21(31)27(3)24(34)28(4)22(18)32/h5-12H,1-4H3. The van der Waals surface area contributed by atoms with Crippen molar-refractivity contribution in [3.05, 3.63) is 58.7 Å². The fraction of sp³-hybridized carbons (Fsp3) is 0.167. The van der Waals surface area contributed by atoms with Gasteiger partial charge in [-0.15, -0.1) is 0 Å². The third kappa shape index (κ3) is 3.80. The summed E-state index contributed by atoms with van der Waals surface area (Å²) >= 11 is 10.2. The molecular formula is C24H20N4O4S2. The Balaban J connectivity index is 1.68. The van der Waals surface area contributed by atoms with Gasteiger partial charge >= 0.3 is 0 Å². The van der Waals surface area contributed by atoms with Crippen molar-refractivity contribution in [2.45, 2.75) is 0 Å². The zero-order chi connectivity index (χ0) is 24.9. The maximum absolute atomic E-state index is 12.6. The second-order valence-electron chi connectivity index (χ2n) is 8.00. The van der Waals surface area contributed by atoms with E-state index in [4.69, 9.17) is 24.4 Å². The lowest BCUT2D eigenvalue weighted by atomic mass is 10.00. The van der Waals surface area contributed by atoms with Gasteiger partial charge in [-0.05, 0) is 70.6 Å². The van der Waals surface area contributed by atoms with Crippen LogP contribution in [0.5, 0.6) is 0 Å². The Morgan fingerprint density at radius 2 is 0.853 bits per heavy atom. The molecular weight excluding hydrogens is 472 g/mol. The molecule has 0 spiro atoms. The SMILES string of the molecule is CN1C(=O)C(=Cc2ccc3cc(C=C4C(=O)N(C)C(=S)N(C)C4=O)ccc3c2)C(=O)N(C)C1=S. The Morgan fingerprint density at radius 3 is 1.15 bits per heavy atom. The molecule has 0 bridgehead atoms. The molecule has 2 aromatic carbocycles. The minimum Gasteiger partial charge on any atom is -0.288 e. The van der Waals surface area contributed by atoms with Crippen LogP contribution in [-0.4, -0.2) is 81.6 Å². The van der Waals surface area contributed by atoms with Crippen LogP contribution in [0.4, 0.5) is 0 Å². The van der Waals surface area contributed by atoms with Crippen LogP contribution in [0, 0.1) is 0 Å². The number of nitrogens with zero attached hydrogens (tertiary/aromatic N) is 4. The largest absolute Gasteiger partial charge is 0.288 e. The fourth-order valence-electron chi connectivity index (χ4n) is 3.75. The third-order valence-corrected chi connectivity index (χ3v) is 6.89. The molecule has 4 rings (SSSR count). The monoisotopic (exact) mass is 492 g/mol. The summed E-state index contributed by atoms with van der Waals surface area (Å²) in [6.07, 6.45) is 3.09. The van der Waals surface area contributed by atoms with Gasteiger partial charge in [-0.25, -0.2) is 0 Å². The minimum atomic E-state index is -0.452. The highest BCUT2D eigenvalue weighted by Crippen LogP contribution is 2.24. The molecule has 2 saturated heterocycles. The molecule has 0 saturated carbocycles. The van der Waals surface area contributed by atoms with Crippen LogP contribution in [0.2, 0.25) is 0 Å². The van der Waals surface area contributed by atoms with Crippen molar-refractivity contribution >= 4 is 81.2 Å². The van der Waals surface area contributed by atoms with Crippen molar-refractivity contribution in [2.75, 3.05) is 28.2 Å². The second-order valence-corrected chi connectivity index (χ2v) is 8.73. The summed E-state index contributed by atoms with van der Waals surface area (Å²) in [6.45, 7) is 0. The Kier molecular flexibility index (Phi) is 5.88. The van der Waals surface area contributed by atoms with Crippen LogP contribution in [0.25, 0.3) is 22.9 Å². The topological polar surface area (TPSA) is 81.2 Å². The molecule has 4 amide bonds. The number of hydrogen-bond acceptors (Lipinski definition) is 6. The number of carbonyl (C=O) groups is 4. The van der Waals surface area contributed by atoms with Crippen LogP contribution < -0.4 is 0 Å². The van der Waals surface area contributed by atoms with Gasteiger partial charge in [0.1, 0.15) is 11.1 Å². The van der Waals surface area contributed by atoms with Crippen molar-refractivity contribution in [3.63, 3.8) is 0 Å². The first kappa shape index (κ1) is 23.4. The van der Waals surface area contributed by atoms with Crippen LogP contribution in [0.3, 0.4) is 0 Å². The van der Waals surface area contributed by atoms with Crippen LogP contribution in [0.1, 0.15) is 11.1 Å². The summed E-state index contributed by atoms with van der Waals surface area (Å²) < 4.78 is 0. The van der Waals surface area contributed by atoms with E-state index < -0.39 is 23.6 Å². The van der Waals surface area contributed by atoms with Gasteiger partial charge in [0.2, 0.25) is 0 Å². The van der Waals surface area contributed by atoms with E-state index in [1.54, 1.807) is 24.3 Å². The van der Waals surface area contributed by atoms with Gasteiger partial charge in [-0.3, -0.25) is 38.8 Å². The van der Waals surface area contributed by atoms with Crippen LogP contribution >= 0.6 is 24.4 Å². The number of fused-ring (bicyclic) bond motifs is 1. The van der Waals surface area contributed by atoms with Gasteiger partial charge in [0, 0.05) is 28.2 Å². The normalized spacial score (nSPS) is 17.4. The lowest BCUT2D eigenvalue weighted by Gasteiger charge is -2.31. The highest BCUT2D eigenvalue weighted by Gasteiger charge is 2.36. The van der Waals surface area contributed by atoms with Crippen molar-refractivity contribution < 1.29 is 19.2 Å². The smallest absolute Gasteiger partial charge is 0.265 e. The van der Waals surface area contributed by atoms with Crippen molar-refractivity contribution in [3.8, 4) is 0 Å². The zero-order valence-electron chi connectivity index (χ0n) is 18.9. The molecule has 10 heteroatoms. The maximum atomic E-state index is 12.6. The van der Waals surface area contributed by atoms with Gasteiger partial charge < -0.3 is 0 Å². The first-order valence-corrected chi connectivity index (χ1v) is 11.0. The molecule has 0 aliphatic carbocycles. The van der Waals surface area contributed by atoms with E-state index in [1.165, 1.54) is 47.8 Å². The Labute approximate surface area is 206 Å². The van der Waals surface area contributed by atoms with E-state index >= 15 is 0 Å². The Morgan fingerprint density at radius 1 is 0.559 bits per heavy atom. The quantitative estimate of drug-likeness (QED) is 0.363. The summed E-state index contributed by atoms with van der Waals surface area (Å²) in [5.41, 5.74) is 1.42. The van der Waals surface area contributed by atoms with E-state index in [1.807, 2.05) is 24.3 Å². The number of hydrogen-bond donors (Lipinski definition) is 0. The number of carbonyl (C=O) groups excluding carboxylic acids is 4. The molecule has 2 aromatic rings. The number of amides is 4. The summed E-state index contributed by atoms with van der Waals surface area (Å²) in [5.74, 6) is -1.81. The molecule has 0 unspecified atom stereocenters. The van der Waals surface area contributed by atoms with Gasteiger partial charge in [0.05, 0.1) is 0 Å². The lowest BCUT2D eigenvalue weighted by molar-refractivity contribution is -0.133. The van der Waals surface area contributed by atoms with E-state index in [-0.39, 0.29) is 21.4 Å². The predicted octanol–water partition coefficient (Wildman–Crippen LogP) is 2.04. The number of likely N-dealkylation sites (N-methyl/N-ethyl adjacent to an activating group) is 4. The fourth-order valence-corrected chi connectivity index (χ4v) is 4.08. The molecule has 8 nitrogen and oxygen atoms in total. The van der Waals surface area contributed by atoms with Gasteiger partial charge in [0.15, 0.2) is 10.2 Å². The van der Waals surface area contributed by atoms with Crippen LogP contribution in [-0.2, 0) is 19.2 Å². The molecule has 0 radical (unpaired) electrons. The van der Waals surface area contributed by atoms with Crippen LogP contribution in [0.15, 0.2) is 47.5 Å². The number of rotatable bonds is 2. The van der Waals surface area contributed by atoms with E-state index in [9.17, 15) is 19.2 Å². The van der Waals surface area contributed by atoms with Gasteiger partial charge in [-0.1, -0.05) is 24.3 Å². The average Bonchev–Trinajstić information content (AvgIpc) is 2.84. The molecule has 34 heavy (non-hydrogen) atoms. The highest BCUT2D eigenvalue weighted by molar-refractivity contribution is 7.80. The van der Waals surface area contributed by atoms with Crippen molar-refractivity contribution in [1.29, 1.82) is 0 Å². The third-order valence-electron chi connectivity index (χ3n) is 5.80. The summed E-state index contributed by atoms with van der Waals surface area (Å²) in [6, 6.07) is 11.0. The predicted molar refractivity (Wildman–Crippen MR) is 136 cm³/mol. The Bertz CT molecular complexity index is 1240. The first-order valence-electron chi connectivity index (χ1n) is 10.2. The molecule has 2 fully saturated rings.